The van der Waals surface area contributed by atoms with Gasteiger partial charge in [0.1, 0.15) is 0 Å². The first-order valence-electron chi connectivity index (χ1n) is 5.15. The van der Waals surface area contributed by atoms with E-state index in [1.54, 1.807) is 7.05 Å². The highest BCUT2D eigenvalue weighted by atomic mass is 16.2. The first kappa shape index (κ1) is 10.5. The van der Waals surface area contributed by atoms with Gasteiger partial charge >= 0.3 is 0 Å². The fraction of sp³-hybridized carbons (Fsp3) is 0.900. The van der Waals surface area contributed by atoms with Crippen LogP contribution in [0.3, 0.4) is 0 Å². The van der Waals surface area contributed by atoms with E-state index in [-0.39, 0.29) is 11.8 Å². The Balaban J connectivity index is 2.45. The van der Waals surface area contributed by atoms with Crippen molar-refractivity contribution in [1.82, 2.24) is 5.01 Å². The molecular weight excluding hydrogens is 164 g/mol. The number of nitrogens with zero attached hydrogens (tertiary/aromatic N) is 1. The SMILES string of the molecule is CC(C(=O)N(C)N)C1CCCCC1. The molecule has 76 valence electrons. The van der Waals surface area contributed by atoms with Gasteiger partial charge in [-0.2, -0.15) is 0 Å². The summed E-state index contributed by atoms with van der Waals surface area (Å²) in [6.45, 7) is 2.00. The van der Waals surface area contributed by atoms with Crippen molar-refractivity contribution in [3.8, 4) is 0 Å². The number of nitrogens with two attached hydrogens (primary N) is 1. The zero-order valence-electron chi connectivity index (χ0n) is 8.62. The molecule has 1 unspecified atom stereocenters. The van der Waals surface area contributed by atoms with Crippen LogP contribution in [0.25, 0.3) is 0 Å². The summed E-state index contributed by atoms with van der Waals surface area (Å²) in [5.74, 6) is 6.17. The number of hydrazine groups is 1. The summed E-state index contributed by atoms with van der Waals surface area (Å²) in [4.78, 5) is 11.5. The predicted octanol–water partition coefficient (Wildman–Crippen LogP) is 1.53. The Morgan fingerprint density at radius 2 is 1.92 bits per heavy atom. The maximum Gasteiger partial charge on any atom is 0.239 e. The molecule has 1 atom stereocenters. The molecule has 3 heteroatoms. The van der Waals surface area contributed by atoms with Gasteiger partial charge in [0.2, 0.25) is 5.91 Å². The fourth-order valence-electron chi connectivity index (χ4n) is 2.16. The summed E-state index contributed by atoms with van der Waals surface area (Å²) in [6.07, 6.45) is 6.27. The summed E-state index contributed by atoms with van der Waals surface area (Å²) in [5.41, 5.74) is 0. The van der Waals surface area contributed by atoms with Crippen LogP contribution >= 0.6 is 0 Å². The van der Waals surface area contributed by atoms with E-state index in [0.717, 1.165) is 0 Å². The number of rotatable bonds is 2. The third-order valence-electron chi connectivity index (χ3n) is 3.09. The van der Waals surface area contributed by atoms with Crippen molar-refractivity contribution in [2.45, 2.75) is 39.0 Å². The zero-order valence-corrected chi connectivity index (χ0v) is 8.62. The summed E-state index contributed by atoms with van der Waals surface area (Å²) in [7, 11) is 1.63. The molecule has 13 heavy (non-hydrogen) atoms. The summed E-state index contributed by atoms with van der Waals surface area (Å²) in [5, 5.41) is 1.22. The van der Waals surface area contributed by atoms with Gasteiger partial charge < -0.3 is 0 Å². The lowest BCUT2D eigenvalue weighted by atomic mass is 9.80. The molecule has 0 aromatic rings. The molecule has 0 heterocycles. The smallest absolute Gasteiger partial charge is 0.239 e. The van der Waals surface area contributed by atoms with Crippen LogP contribution in [0.4, 0.5) is 0 Å². The van der Waals surface area contributed by atoms with Crippen LogP contribution in [0, 0.1) is 11.8 Å². The molecular formula is C10H20N2O. The average molecular weight is 184 g/mol. The molecule has 0 saturated heterocycles. The van der Waals surface area contributed by atoms with Crippen LogP contribution in [0.15, 0.2) is 0 Å². The van der Waals surface area contributed by atoms with E-state index in [0.29, 0.717) is 5.92 Å². The number of carbonyl (C=O) groups is 1. The van der Waals surface area contributed by atoms with Crippen molar-refractivity contribution in [2.24, 2.45) is 17.7 Å². The van der Waals surface area contributed by atoms with Gasteiger partial charge in [0, 0.05) is 13.0 Å². The van der Waals surface area contributed by atoms with E-state index in [1.807, 2.05) is 6.92 Å². The molecule has 1 fully saturated rings. The van der Waals surface area contributed by atoms with Crippen molar-refractivity contribution in [1.29, 1.82) is 0 Å². The predicted molar refractivity (Wildman–Crippen MR) is 52.7 cm³/mol. The number of hydrogen-bond acceptors (Lipinski definition) is 2. The lowest BCUT2D eigenvalue weighted by molar-refractivity contribution is -0.136. The van der Waals surface area contributed by atoms with Crippen molar-refractivity contribution in [3.63, 3.8) is 0 Å². The molecule has 0 aromatic heterocycles. The third kappa shape index (κ3) is 2.69. The second-order valence-corrected chi connectivity index (χ2v) is 4.14. The van der Waals surface area contributed by atoms with E-state index in [4.69, 9.17) is 5.84 Å². The lowest BCUT2D eigenvalue weighted by Crippen LogP contribution is -2.40. The fourth-order valence-corrected chi connectivity index (χ4v) is 2.16. The van der Waals surface area contributed by atoms with Crippen molar-refractivity contribution >= 4 is 5.91 Å². The molecule has 0 bridgehead atoms. The highest BCUT2D eigenvalue weighted by Gasteiger charge is 2.26. The van der Waals surface area contributed by atoms with Crippen LogP contribution in [0.2, 0.25) is 0 Å². The lowest BCUT2D eigenvalue weighted by Gasteiger charge is -2.28. The second-order valence-electron chi connectivity index (χ2n) is 4.14. The monoisotopic (exact) mass is 184 g/mol. The van der Waals surface area contributed by atoms with Gasteiger partial charge in [0.05, 0.1) is 0 Å². The first-order valence-corrected chi connectivity index (χ1v) is 5.15. The van der Waals surface area contributed by atoms with Gasteiger partial charge in [-0.05, 0) is 18.8 Å². The molecule has 0 aromatic carbocycles. The quantitative estimate of drug-likeness (QED) is 0.402. The standard InChI is InChI=1S/C10H20N2O/c1-8(10(13)12(2)11)9-6-4-3-5-7-9/h8-9H,3-7,11H2,1-2H3. The van der Waals surface area contributed by atoms with Gasteiger partial charge in [-0.1, -0.05) is 26.2 Å². The minimum Gasteiger partial charge on any atom is -0.284 e. The number of carbonyl (C=O) groups excluding carboxylic acids is 1. The Kier molecular flexibility index (Phi) is 3.72. The summed E-state index contributed by atoms with van der Waals surface area (Å²) in [6, 6.07) is 0. The van der Waals surface area contributed by atoms with Crippen molar-refractivity contribution in [2.75, 3.05) is 7.05 Å². The molecule has 0 radical (unpaired) electrons. The molecule has 1 aliphatic rings. The molecule has 1 aliphatic carbocycles. The first-order chi connectivity index (χ1) is 6.13. The van der Waals surface area contributed by atoms with Gasteiger partial charge in [0.25, 0.3) is 0 Å². The molecule has 0 spiro atoms. The molecule has 1 amide bonds. The Bertz CT molecular complexity index is 174. The topological polar surface area (TPSA) is 46.3 Å². The van der Waals surface area contributed by atoms with Crippen LogP contribution in [0.1, 0.15) is 39.0 Å². The van der Waals surface area contributed by atoms with Gasteiger partial charge in [-0.25, -0.2) is 5.84 Å². The average Bonchev–Trinajstić information content (AvgIpc) is 2.17. The van der Waals surface area contributed by atoms with Crippen LogP contribution in [0.5, 0.6) is 0 Å². The van der Waals surface area contributed by atoms with Crippen LogP contribution in [-0.2, 0) is 4.79 Å². The minimum absolute atomic E-state index is 0.0758. The zero-order chi connectivity index (χ0) is 9.84. The van der Waals surface area contributed by atoms with Crippen molar-refractivity contribution < 1.29 is 4.79 Å². The highest BCUT2D eigenvalue weighted by molar-refractivity contribution is 5.77. The Morgan fingerprint density at radius 3 is 2.38 bits per heavy atom. The summed E-state index contributed by atoms with van der Waals surface area (Å²) < 4.78 is 0. The highest BCUT2D eigenvalue weighted by Crippen LogP contribution is 2.30. The van der Waals surface area contributed by atoms with Crippen molar-refractivity contribution in [3.05, 3.63) is 0 Å². The summed E-state index contributed by atoms with van der Waals surface area (Å²) >= 11 is 0. The molecule has 1 saturated carbocycles. The van der Waals surface area contributed by atoms with E-state index >= 15 is 0 Å². The van der Waals surface area contributed by atoms with Gasteiger partial charge in [-0.3, -0.25) is 9.80 Å². The number of hydrogen-bond donors (Lipinski definition) is 1. The van der Waals surface area contributed by atoms with Crippen LogP contribution in [-0.4, -0.2) is 18.0 Å². The largest absolute Gasteiger partial charge is 0.284 e. The normalized spacial score (nSPS) is 21.2. The van der Waals surface area contributed by atoms with E-state index < -0.39 is 0 Å². The molecule has 2 N–H and O–H groups in total. The molecule has 0 aliphatic heterocycles. The van der Waals surface area contributed by atoms with E-state index in [9.17, 15) is 4.79 Å². The third-order valence-corrected chi connectivity index (χ3v) is 3.09. The maximum absolute atomic E-state index is 11.5. The van der Waals surface area contributed by atoms with Crippen LogP contribution < -0.4 is 5.84 Å². The Labute approximate surface area is 80.2 Å². The molecule has 1 rings (SSSR count). The van der Waals surface area contributed by atoms with Gasteiger partial charge in [-0.15, -0.1) is 0 Å². The van der Waals surface area contributed by atoms with E-state index in [2.05, 4.69) is 0 Å². The minimum atomic E-state index is 0.0758. The number of amides is 1. The Hall–Kier alpha value is -0.570. The second kappa shape index (κ2) is 4.61. The Morgan fingerprint density at radius 1 is 1.38 bits per heavy atom. The maximum atomic E-state index is 11.5. The van der Waals surface area contributed by atoms with Gasteiger partial charge in [0.15, 0.2) is 0 Å². The molecule has 3 nitrogen and oxygen atoms in total. The van der Waals surface area contributed by atoms with E-state index in [1.165, 1.54) is 37.1 Å².